The van der Waals surface area contributed by atoms with Crippen molar-refractivity contribution in [3.05, 3.63) is 0 Å². The largest absolute Gasteiger partial charge is 0.381 e. The lowest BCUT2D eigenvalue weighted by Crippen LogP contribution is -2.39. The molecule has 0 spiro atoms. The molecule has 0 aliphatic carbocycles. The first-order valence-corrected chi connectivity index (χ1v) is 5.81. The number of hydrogen-bond donors (Lipinski definition) is 0. The lowest BCUT2D eigenvalue weighted by atomic mass is 10.1. The highest BCUT2D eigenvalue weighted by atomic mass is 32.2. The number of carbonyl (C=O) groups is 1. The smallest absolute Gasteiger partial charge is 0.258 e. The molecule has 2 heterocycles. The van der Waals surface area contributed by atoms with Gasteiger partial charge in [-0.3, -0.25) is 4.79 Å². The first-order valence-electron chi connectivity index (χ1n) is 4.82. The van der Waals surface area contributed by atoms with E-state index in [4.69, 9.17) is 4.74 Å². The molecule has 0 bridgehead atoms. The molecule has 2 aliphatic rings. The maximum absolute atomic E-state index is 11.0. The maximum Gasteiger partial charge on any atom is 0.258 e. The third-order valence-electron chi connectivity index (χ3n) is 2.59. The number of amidine groups is 1. The van der Waals surface area contributed by atoms with Crippen molar-refractivity contribution >= 4 is 22.8 Å². The topological polar surface area (TPSA) is 41.9 Å². The zero-order valence-electron chi connectivity index (χ0n) is 8.23. The molecule has 14 heavy (non-hydrogen) atoms. The summed E-state index contributed by atoms with van der Waals surface area (Å²) >= 11 is 1.54. The number of carbonyl (C=O) groups excluding carboxylic acids is 1. The van der Waals surface area contributed by atoms with E-state index in [0.717, 1.165) is 31.2 Å². The summed E-state index contributed by atoms with van der Waals surface area (Å²) in [5, 5.41) is 0.877. The molecule has 0 aromatic carbocycles. The molecule has 1 fully saturated rings. The SMILES string of the molecule is CN(C1=NC(=O)CS1)C1CCOCC1. The fraction of sp³-hybridized carbons (Fsp3) is 0.778. The number of rotatable bonds is 1. The Morgan fingerprint density at radius 2 is 2.21 bits per heavy atom. The van der Waals surface area contributed by atoms with Gasteiger partial charge in [0.1, 0.15) is 0 Å². The quantitative estimate of drug-likeness (QED) is 0.645. The van der Waals surface area contributed by atoms with Gasteiger partial charge in [-0.05, 0) is 12.8 Å². The average molecular weight is 214 g/mol. The van der Waals surface area contributed by atoms with E-state index < -0.39 is 0 Å². The van der Waals surface area contributed by atoms with Gasteiger partial charge in [-0.25, -0.2) is 0 Å². The number of thioether (sulfide) groups is 1. The Morgan fingerprint density at radius 1 is 1.50 bits per heavy atom. The Balaban J connectivity index is 1.96. The van der Waals surface area contributed by atoms with Gasteiger partial charge < -0.3 is 9.64 Å². The molecule has 2 rings (SSSR count). The van der Waals surface area contributed by atoms with Gasteiger partial charge in [0, 0.05) is 26.3 Å². The van der Waals surface area contributed by atoms with Crippen LogP contribution in [0.15, 0.2) is 4.99 Å². The highest BCUT2D eigenvalue weighted by Gasteiger charge is 2.25. The van der Waals surface area contributed by atoms with Crippen LogP contribution in [0.3, 0.4) is 0 Å². The molecule has 0 saturated carbocycles. The number of aliphatic imine (C=N–C) groups is 1. The maximum atomic E-state index is 11.0. The van der Waals surface area contributed by atoms with Crippen LogP contribution in [0.25, 0.3) is 0 Å². The first-order chi connectivity index (χ1) is 6.77. The van der Waals surface area contributed by atoms with Crippen molar-refractivity contribution < 1.29 is 9.53 Å². The highest BCUT2D eigenvalue weighted by molar-refractivity contribution is 8.14. The molecule has 5 heteroatoms. The van der Waals surface area contributed by atoms with E-state index in [0.29, 0.717) is 11.8 Å². The fourth-order valence-electron chi connectivity index (χ4n) is 1.71. The second-order valence-electron chi connectivity index (χ2n) is 3.53. The van der Waals surface area contributed by atoms with Crippen LogP contribution < -0.4 is 0 Å². The van der Waals surface area contributed by atoms with Crippen LogP contribution in [0.4, 0.5) is 0 Å². The van der Waals surface area contributed by atoms with Crippen LogP contribution in [0.2, 0.25) is 0 Å². The van der Waals surface area contributed by atoms with Crippen molar-refractivity contribution in [2.24, 2.45) is 4.99 Å². The van der Waals surface area contributed by atoms with Crippen LogP contribution >= 0.6 is 11.8 Å². The normalized spacial score (nSPS) is 23.8. The van der Waals surface area contributed by atoms with E-state index >= 15 is 0 Å². The van der Waals surface area contributed by atoms with Crippen LogP contribution in [0.5, 0.6) is 0 Å². The standard InChI is InChI=1S/C9H14N2O2S/c1-11(7-2-4-13-5-3-7)9-10-8(12)6-14-9/h7H,2-6H2,1H3. The highest BCUT2D eigenvalue weighted by Crippen LogP contribution is 2.21. The van der Waals surface area contributed by atoms with E-state index in [1.807, 2.05) is 7.05 Å². The molecule has 78 valence electrons. The molecule has 2 aliphatic heterocycles. The third kappa shape index (κ3) is 2.09. The molecular weight excluding hydrogens is 200 g/mol. The Labute approximate surface area is 87.7 Å². The minimum absolute atomic E-state index is 0.0103. The van der Waals surface area contributed by atoms with Crippen molar-refractivity contribution in [2.45, 2.75) is 18.9 Å². The summed E-state index contributed by atoms with van der Waals surface area (Å²) in [5.74, 6) is 0.493. The first kappa shape index (κ1) is 9.98. The third-order valence-corrected chi connectivity index (χ3v) is 3.61. The van der Waals surface area contributed by atoms with Crippen molar-refractivity contribution in [3.63, 3.8) is 0 Å². The lowest BCUT2D eigenvalue weighted by Gasteiger charge is -2.31. The molecule has 1 saturated heterocycles. The van der Waals surface area contributed by atoms with Crippen molar-refractivity contribution in [3.8, 4) is 0 Å². The number of nitrogens with zero attached hydrogens (tertiary/aromatic N) is 2. The summed E-state index contributed by atoms with van der Waals surface area (Å²) in [5.41, 5.74) is 0. The molecule has 0 atom stereocenters. The van der Waals surface area contributed by atoms with Crippen molar-refractivity contribution in [1.29, 1.82) is 0 Å². The molecule has 0 aromatic heterocycles. The van der Waals surface area contributed by atoms with Gasteiger partial charge in [0.05, 0.1) is 5.75 Å². The summed E-state index contributed by atoms with van der Waals surface area (Å²) in [6, 6.07) is 0.487. The van der Waals surface area contributed by atoms with Gasteiger partial charge in [0.15, 0.2) is 5.17 Å². The van der Waals surface area contributed by atoms with E-state index in [-0.39, 0.29) is 5.91 Å². The van der Waals surface area contributed by atoms with Gasteiger partial charge in [0.25, 0.3) is 5.91 Å². The fourth-order valence-corrected chi connectivity index (χ4v) is 2.54. The van der Waals surface area contributed by atoms with Crippen LogP contribution in [0.1, 0.15) is 12.8 Å². The zero-order chi connectivity index (χ0) is 9.97. The van der Waals surface area contributed by atoms with E-state index in [1.165, 1.54) is 11.8 Å². The average Bonchev–Trinajstić information content (AvgIpc) is 2.65. The summed E-state index contributed by atoms with van der Waals surface area (Å²) < 4.78 is 5.29. The summed E-state index contributed by atoms with van der Waals surface area (Å²) in [6.07, 6.45) is 2.06. The van der Waals surface area contributed by atoms with Crippen LogP contribution in [-0.2, 0) is 9.53 Å². The predicted octanol–water partition coefficient (Wildman–Crippen LogP) is 0.727. The van der Waals surface area contributed by atoms with Crippen molar-refractivity contribution in [2.75, 3.05) is 26.0 Å². The molecule has 0 radical (unpaired) electrons. The van der Waals surface area contributed by atoms with Crippen molar-refractivity contribution in [1.82, 2.24) is 4.90 Å². The molecule has 4 nitrogen and oxygen atoms in total. The predicted molar refractivity (Wildman–Crippen MR) is 56.5 cm³/mol. The zero-order valence-corrected chi connectivity index (χ0v) is 9.05. The number of hydrogen-bond acceptors (Lipinski definition) is 4. The van der Waals surface area contributed by atoms with Gasteiger partial charge >= 0.3 is 0 Å². The Morgan fingerprint density at radius 3 is 2.79 bits per heavy atom. The van der Waals surface area contributed by atoms with E-state index in [9.17, 15) is 4.79 Å². The molecule has 1 amide bonds. The van der Waals surface area contributed by atoms with Crippen LogP contribution in [0, 0.1) is 0 Å². The second-order valence-corrected chi connectivity index (χ2v) is 4.47. The minimum atomic E-state index is -0.0103. The summed E-state index contributed by atoms with van der Waals surface area (Å²) in [4.78, 5) is 17.1. The minimum Gasteiger partial charge on any atom is -0.381 e. The van der Waals surface area contributed by atoms with Gasteiger partial charge in [-0.1, -0.05) is 11.8 Å². The molecule has 0 N–H and O–H groups in total. The Kier molecular flexibility index (Phi) is 3.08. The number of ether oxygens (including phenoxy) is 1. The Bertz CT molecular complexity index is 262. The molecule has 0 unspecified atom stereocenters. The van der Waals surface area contributed by atoms with Gasteiger partial charge in [-0.2, -0.15) is 4.99 Å². The Hall–Kier alpha value is -0.550. The lowest BCUT2D eigenvalue weighted by molar-refractivity contribution is -0.115. The molecule has 0 aromatic rings. The molecular formula is C9H14N2O2S. The second kappa shape index (κ2) is 4.31. The van der Waals surface area contributed by atoms with Gasteiger partial charge in [-0.15, -0.1) is 0 Å². The van der Waals surface area contributed by atoms with E-state index in [1.54, 1.807) is 0 Å². The van der Waals surface area contributed by atoms with Crippen LogP contribution in [-0.4, -0.2) is 48.0 Å². The number of amides is 1. The van der Waals surface area contributed by atoms with E-state index in [2.05, 4.69) is 9.89 Å². The summed E-state index contributed by atoms with van der Waals surface area (Å²) in [7, 11) is 2.01. The van der Waals surface area contributed by atoms with Gasteiger partial charge in [0.2, 0.25) is 0 Å². The monoisotopic (exact) mass is 214 g/mol. The summed E-state index contributed by atoms with van der Waals surface area (Å²) in [6.45, 7) is 1.64.